The maximum absolute atomic E-state index is 12.3. The molecule has 0 saturated heterocycles. The second-order valence-corrected chi connectivity index (χ2v) is 5.40. The van der Waals surface area contributed by atoms with Gasteiger partial charge in [-0.2, -0.15) is 0 Å². The number of rotatable bonds is 5. The summed E-state index contributed by atoms with van der Waals surface area (Å²) in [5.74, 6) is 1.07. The number of carbonyl (C=O) groups is 1. The minimum Gasteiger partial charge on any atom is -0.460 e. The molecular formula is C18H18N4O2. The van der Waals surface area contributed by atoms with E-state index in [-0.39, 0.29) is 17.5 Å². The van der Waals surface area contributed by atoms with Crippen LogP contribution in [0.25, 0.3) is 11.5 Å². The van der Waals surface area contributed by atoms with Crippen LogP contribution in [0.4, 0.5) is 5.95 Å². The molecule has 3 aromatic rings. The largest absolute Gasteiger partial charge is 0.460 e. The Morgan fingerprint density at radius 1 is 1.17 bits per heavy atom. The van der Waals surface area contributed by atoms with Crippen LogP contribution in [0.15, 0.2) is 52.9 Å². The molecule has 0 aliphatic carbocycles. The molecule has 24 heavy (non-hydrogen) atoms. The molecule has 0 radical (unpaired) electrons. The molecule has 6 nitrogen and oxygen atoms in total. The number of aromatic nitrogens is 2. The number of hydrogen-bond donors (Lipinski definition) is 2. The van der Waals surface area contributed by atoms with E-state index < -0.39 is 0 Å². The summed E-state index contributed by atoms with van der Waals surface area (Å²) < 4.78 is 5.52. The predicted molar refractivity (Wildman–Crippen MR) is 91.4 cm³/mol. The van der Waals surface area contributed by atoms with Gasteiger partial charge >= 0.3 is 0 Å². The number of carbonyl (C=O) groups excluding carboxylic acids is 1. The minimum atomic E-state index is -0.287. The van der Waals surface area contributed by atoms with Gasteiger partial charge in [-0.3, -0.25) is 4.79 Å². The van der Waals surface area contributed by atoms with Gasteiger partial charge in [0.25, 0.3) is 5.91 Å². The van der Waals surface area contributed by atoms with Crippen LogP contribution in [0, 0.1) is 6.92 Å². The van der Waals surface area contributed by atoms with Crippen LogP contribution in [-0.4, -0.2) is 22.4 Å². The highest BCUT2D eigenvalue weighted by molar-refractivity contribution is 5.93. The van der Waals surface area contributed by atoms with Crippen molar-refractivity contribution in [1.82, 2.24) is 15.3 Å². The summed E-state index contributed by atoms with van der Waals surface area (Å²) in [7, 11) is 0. The van der Waals surface area contributed by atoms with E-state index in [1.54, 1.807) is 12.1 Å². The molecule has 3 N–H and O–H groups in total. The van der Waals surface area contributed by atoms with Gasteiger partial charge in [0, 0.05) is 6.54 Å². The first kappa shape index (κ1) is 15.7. The fourth-order valence-electron chi connectivity index (χ4n) is 2.34. The zero-order valence-corrected chi connectivity index (χ0v) is 13.3. The number of nitrogens with zero attached hydrogens (tertiary/aromatic N) is 2. The van der Waals surface area contributed by atoms with E-state index in [9.17, 15) is 4.79 Å². The van der Waals surface area contributed by atoms with Crippen molar-refractivity contribution in [3.63, 3.8) is 0 Å². The van der Waals surface area contributed by atoms with Gasteiger partial charge in [0.15, 0.2) is 5.76 Å². The molecule has 0 bridgehead atoms. The minimum absolute atomic E-state index is 0.0368. The summed E-state index contributed by atoms with van der Waals surface area (Å²) in [5.41, 5.74) is 7.59. The molecule has 0 spiro atoms. The van der Waals surface area contributed by atoms with E-state index in [1.807, 2.05) is 43.3 Å². The molecule has 0 aliphatic heterocycles. The highest BCUT2D eigenvalue weighted by Gasteiger charge is 2.13. The van der Waals surface area contributed by atoms with Crippen molar-refractivity contribution in [2.24, 2.45) is 0 Å². The fraction of sp³-hybridized carbons (Fsp3) is 0.167. The second-order valence-electron chi connectivity index (χ2n) is 5.40. The van der Waals surface area contributed by atoms with Crippen LogP contribution in [0.5, 0.6) is 0 Å². The molecule has 3 rings (SSSR count). The van der Waals surface area contributed by atoms with Crippen LogP contribution in [0.3, 0.4) is 0 Å². The van der Waals surface area contributed by atoms with Crippen molar-refractivity contribution >= 4 is 11.9 Å². The number of nitrogens with two attached hydrogens (primary N) is 1. The third kappa shape index (κ3) is 3.78. The smallest absolute Gasteiger partial charge is 0.270 e. The van der Waals surface area contributed by atoms with E-state index >= 15 is 0 Å². The van der Waals surface area contributed by atoms with Gasteiger partial charge in [-0.1, -0.05) is 30.3 Å². The average molecular weight is 322 g/mol. The molecule has 0 saturated carbocycles. The number of nitrogen functional groups attached to an aromatic ring is 1. The lowest BCUT2D eigenvalue weighted by Gasteiger charge is -2.06. The molecule has 0 unspecified atom stereocenters. The van der Waals surface area contributed by atoms with Gasteiger partial charge in [0.2, 0.25) is 5.95 Å². The quantitative estimate of drug-likeness (QED) is 0.753. The van der Waals surface area contributed by atoms with Crippen molar-refractivity contribution < 1.29 is 9.21 Å². The van der Waals surface area contributed by atoms with Crippen molar-refractivity contribution in [3.05, 3.63) is 65.5 Å². The van der Waals surface area contributed by atoms with Crippen molar-refractivity contribution in [1.29, 1.82) is 0 Å². The normalized spacial score (nSPS) is 10.5. The monoisotopic (exact) mass is 322 g/mol. The van der Waals surface area contributed by atoms with Gasteiger partial charge in [0.1, 0.15) is 17.1 Å². The number of anilines is 1. The summed E-state index contributed by atoms with van der Waals surface area (Å²) >= 11 is 0. The Bertz CT molecular complexity index is 843. The van der Waals surface area contributed by atoms with E-state index in [0.29, 0.717) is 18.0 Å². The maximum atomic E-state index is 12.3. The Kier molecular flexibility index (Phi) is 4.56. The lowest BCUT2D eigenvalue weighted by Crippen LogP contribution is -2.27. The Morgan fingerprint density at radius 3 is 2.67 bits per heavy atom. The lowest BCUT2D eigenvalue weighted by atomic mass is 10.1. The number of furan rings is 1. The Hall–Kier alpha value is -3.15. The molecular weight excluding hydrogens is 304 g/mol. The molecule has 122 valence electrons. The number of nitrogens with one attached hydrogen (secondary N) is 1. The van der Waals surface area contributed by atoms with Gasteiger partial charge in [-0.05, 0) is 37.1 Å². The zero-order chi connectivity index (χ0) is 16.9. The number of hydrogen-bond acceptors (Lipinski definition) is 5. The van der Waals surface area contributed by atoms with Gasteiger partial charge in [-0.15, -0.1) is 0 Å². The maximum Gasteiger partial charge on any atom is 0.270 e. The number of benzene rings is 1. The topological polar surface area (TPSA) is 94.0 Å². The first-order valence-electron chi connectivity index (χ1n) is 7.65. The Labute approximate surface area is 139 Å². The number of amides is 1. The van der Waals surface area contributed by atoms with Gasteiger partial charge in [0.05, 0.1) is 0 Å². The summed E-state index contributed by atoms with van der Waals surface area (Å²) in [6.45, 7) is 2.35. The van der Waals surface area contributed by atoms with Crippen LogP contribution in [-0.2, 0) is 6.42 Å². The SMILES string of the molecule is Cc1ccc(-c2cc(C(=O)NCCc3ccccc3)nc(N)n2)o1. The summed E-state index contributed by atoms with van der Waals surface area (Å²) in [5, 5.41) is 2.84. The molecule has 0 aliphatic rings. The average Bonchev–Trinajstić information content (AvgIpc) is 3.02. The summed E-state index contributed by atoms with van der Waals surface area (Å²) in [4.78, 5) is 20.4. The highest BCUT2D eigenvalue weighted by atomic mass is 16.3. The molecule has 2 aromatic heterocycles. The Balaban J connectivity index is 1.69. The predicted octanol–water partition coefficient (Wildman–Crippen LogP) is 2.60. The molecule has 0 atom stereocenters. The standard InChI is InChI=1S/C18H18N4O2/c1-12-7-8-16(24-12)14-11-15(22-18(19)21-14)17(23)20-10-9-13-5-3-2-4-6-13/h2-8,11H,9-10H2,1H3,(H,20,23)(H2,19,21,22). The van der Waals surface area contributed by atoms with E-state index in [0.717, 1.165) is 17.7 Å². The highest BCUT2D eigenvalue weighted by Crippen LogP contribution is 2.21. The van der Waals surface area contributed by atoms with Crippen LogP contribution in [0.2, 0.25) is 0 Å². The first-order valence-corrected chi connectivity index (χ1v) is 7.65. The van der Waals surface area contributed by atoms with E-state index in [4.69, 9.17) is 10.2 Å². The van der Waals surface area contributed by atoms with Crippen LogP contribution >= 0.6 is 0 Å². The lowest BCUT2D eigenvalue weighted by molar-refractivity contribution is 0.0949. The Morgan fingerprint density at radius 2 is 1.96 bits per heavy atom. The van der Waals surface area contributed by atoms with Crippen LogP contribution < -0.4 is 11.1 Å². The van der Waals surface area contributed by atoms with E-state index in [2.05, 4.69) is 15.3 Å². The number of aryl methyl sites for hydroxylation is 1. The second kappa shape index (κ2) is 6.95. The van der Waals surface area contributed by atoms with Crippen LogP contribution in [0.1, 0.15) is 21.8 Å². The molecule has 6 heteroatoms. The summed E-state index contributed by atoms with van der Waals surface area (Å²) in [6.07, 6.45) is 0.747. The molecule has 1 aromatic carbocycles. The van der Waals surface area contributed by atoms with Gasteiger partial charge in [-0.25, -0.2) is 9.97 Å². The zero-order valence-electron chi connectivity index (χ0n) is 13.3. The molecule has 1 amide bonds. The van der Waals surface area contributed by atoms with Crippen molar-refractivity contribution in [3.8, 4) is 11.5 Å². The van der Waals surface area contributed by atoms with Crippen molar-refractivity contribution in [2.75, 3.05) is 12.3 Å². The fourth-order valence-corrected chi connectivity index (χ4v) is 2.34. The van der Waals surface area contributed by atoms with Crippen molar-refractivity contribution in [2.45, 2.75) is 13.3 Å². The first-order chi connectivity index (χ1) is 11.6. The summed E-state index contributed by atoms with van der Waals surface area (Å²) in [6, 6.07) is 15.1. The van der Waals surface area contributed by atoms with Gasteiger partial charge < -0.3 is 15.5 Å². The third-order valence-corrected chi connectivity index (χ3v) is 3.51. The third-order valence-electron chi connectivity index (χ3n) is 3.51. The molecule has 2 heterocycles. The van der Waals surface area contributed by atoms with E-state index in [1.165, 1.54) is 0 Å². The molecule has 0 fully saturated rings.